The first-order chi connectivity index (χ1) is 10.1. The van der Waals surface area contributed by atoms with E-state index in [2.05, 4.69) is 15.3 Å². The lowest BCUT2D eigenvalue weighted by Crippen LogP contribution is -2.35. The van der Waals surface area contributed by atoms with E-state index in [1.165, 1.54) is 0 Å². The molecular formula is C16H22N4O. The Morgan fingerprint density at radius 1 is 1.14 bits per heavy atom. The smallest absolute Gasteiger partial charge is 0.163 e. The molecule has 0 fully saturated rings. The molecule has 4 N–H and O–H groups in total. The highest BCUT2D eigenvalue weighted by molar-refractivity contribution is 5.60. The molecule has 5 nitrogen and oxygen atoms in total. The SMILES string of the molecule is CCC(O)(CC)CNc1cc(N)nc(-c2ccccc2)n1. The molecule has 5 heteroatoms. The Balaban J connectivity index is 2.20. The van der Waals surface area contributed by atoms with Gasteiger partial charge in [-0.2, -0.15) is 0 Å². The third-order valence-electron chi connectivity index (χ3n) is 3.69. The lowest BCUT2D eigenvalue weighted by atomic mass is 9.98. The second-order valence-corrected chi connectivity index (χ2v) is 5.15. The van der Waals surface area contributed by atoms with Crippen molar-refractivity contribution in [2.45, 2.75) is 32.3 Å². The Morgan fingerprint density at radius 3 is 2.43 bits per heavy atom. The number of nitrogens with zero attached hydrogens (tertiary/aromatic N) is 2. The summed E-state index contributed by atoms with van der Waals surface area (Å²) in [5, 5.41) is 13.5. The van der Waals surface area contributed by atoms with Gasteiger partial charge in [0.1, 0.15) is 11.6 Å². The van der Waals surface area contributed by atoms with Crippen LogP contribution < -0.4 is 11.1 Å². The molecule has 0 spiro atoms. The quantitative estimate of drug-likeness (QED) is 0.760. The van der Waals surface area contributed by atoms with Crippen LogP contribution in [0, 0.1) is 0 Å². The van der Waals surface area contributed by atoms with Gasteiger partial charge < -0.3 is 16.2 Å². The molecular weight excluding hydrogens is 264 g/mol. The summed E-state index contributed by atoms with van der Waals surface area (Å²) in [5.41, 5.74) is 6.03. The summed E-state index contributed by atoms with van der Waals surface area (Å²) in [4.78, 5) is 8.72. The number of nitrogens with two attached hydrogens (primary N) is 1. The van der Waals surface area contributed by atoms with E-state index in [9.17, 15) is 5.11 Å². The molecule has 0 radical (unpaired) electrons. The molecule has 0 atom stereocenters. The highest BCUT2D eigenvalue weighted by Crippen LogP contribution is 2.20. The average molecular weight is 286 g/mol. The van der Waals surface area contributed by atoms with Crippen molar-refractivity contribution in [3.05, 3.63) is 36.4 Å². The third-order valence-corrected chi connectivity index (χ3v) is 3.69. The lowest BCUT2D eigenvalue weighted by Gasteiger charge is -2.25. The average Bonchev–Trinajstić information content (AvgIpc) is 2.53. The highest BCUT2D eigenvalue weighted by atomic mass is 16.3. The zero-order chi connectivity index (χ0) is 15.3. The van der Waals surface area contributed by atoms with Crippen LogP contribution in [0.5, 0.6) is 0 Å². The van der Waals surface area contributed by atoms with Crippen molar-refractivity contribution in [1.82, 2.24) is 9.97 Å². The van der Waals surface area contributed by atoms with E-state index < -0.39 is 5.60 Å². The molecule has 0 aliphatic rings. The molecule has 0 aliphatic carbocycles. The first kappa shape index (κ1) is 15.3. The van der Waals surface area contributed by atoms with Crippen molar-refractivity contribution in [1.29, 1.82) is 0 Å². The molecule has 2 rings (SSSR count). The van der Waals surface area contributed by atoms with Crippen LogP contribution in [-0.4, -0.2) is 27.2 Å². The monoisotopic (exact) mass is 286 g/mol. The van der Waals surface area contributed by atoms with Crippen molar-refractivity contribution in [2.75, 3.05) is 17.6 Å². The summed E-state index contributed by atoms with van der Waals surface area (Å²) in [5.74, 6) is 1.61. The molecule has 112 valence electrons. The second kappa shape index (κ2) is 6.54. The molecule has 2 aromatic rings. The van der Waals surface area contributed by atoms with Crippen LogP contribution >= 0.6 is 0 Å². The molecule has 0 amide bonds. The summed E-state index contributed by atoms with van der Waals surface area (Å²) in [6.45, 7) is 4.37. The zero-order valence-electron chi connectivity index (χ0n) is 12.5. The van der Waals surface area contributed by atoms with Crippen LogP contribution in [0.15, 0.2) is 36.4 Å². The van der Waals surface area contributed by atoms with Gasteiger partial charge in [-0.15, -0.1) is 0 Å². The summed E-state index contributed by atoms with van der Waals surface area (Å²) < 4.78 is 0. The number of anilines is 2. The zero-order valence-corrected chi connectivity index (χ0v) is 12.5. The normalized spacial score (nSPS) is 11.4. The lowest BCUT2D eigenvalue weighted by molar-refractivity contribution is 0.0456. The van der Waals surface area contributed by atoms with E-state index in [1.54, 1.807) is 6.07 Å². The minimum Gasteiger partial charge on any atom is -0.388 e. The van der Waals surface area contributed by atoms with Crippen LogP contribution in [0.3, 0.4) is 0 Å². The molecule has 0 unspecified atom stereocenters. The van der Waals surface area contributed by atoms with Crippen molar-refractivity contribution in [3.8, 4) is 11.4 Å². The van der Waals surface area contributed by atoms with Crippen LogP contribution in [0.1, 0.15) is 26.7 Å². The molecule has 21 heavy (non-hydrogen) atoms. The fourth-order valence-electron chi connectivity index (χ4n) is 2.03. The number of nitrogen functional groups attached to an aromatic ring is 1. The summed E-state index contributed by atoms with van der Waals surface area (Å²) in [7, 11) is 0. The van der Waals surface area contributed by atoms with Crippen LogP contribution in [-0.2, 0) is 0 Å². The van der Waals surface area contributed by atoms with Gasteiger partial charge in [0.2, 0.25) is 0 Å². The predicted molar refractivity (Wildman–Crippen MR) is 85.9 cm³/mol. The maximum Gasteiger partial charge on any atom is 0.163 e. The number of hydrogen-bond donors (Lipinski definition) is 3. The maximum atomic E-state index is 10.3. The van der Waals surface area contributed by atoms with E-state index in [0.717, 1.165) is 5.56 Å². The molecule has 0 aliphatic heterocycles. The number of nitrogens with one attached hydrogen (secondary N) is 1. The number of rotatable bonds is 6. The molecule has 0 saturated heterocycles. The Labute approximate surface area is 125 Å². The molecule has 1 heterocycles. The van der Waals surface area contributed by atoms with Crippen molar-refractivity contribution in [3.63, 3.8) is 0 Å². The predicted octanol–water partition coefficient (Wildman–Crippen LogP) is 2.69. The van der Waals surface area contributed by atoms with E-state index in [1.807, 2.05) is 44.2 Å². The third kappa shape index (κ3) is 3.92. The largest absolute Gasteiger partial charge is 0.388 e. The highest BCUT2D eigenvalue weighted by Gasteiger charge is 2.22. The first-order valence-electron chi connectivity index (χ1n) is 7.22. The van der Waals surface area contributed by atoms with E-state index in [4.69, 9.17) is 5.73 Å². The van der Waals surface area contributed by atoms with Gasteiger partial charge in [-0.3, -0.25) is 0 Å². The number of hydrogen-bond acceptors (Lipinski definition) is 5. The van der Waals surface area contributed by atoms with Gasteiger partial charge in [0.25, 0.3) is 0 Å². The minimum absolute atomic E-state index is 0.405. The summed E-state index contributed by atoms with van der Waals surface area (Å²) >= 11 is 0. The Hall–Kier alpha value is -2.14. The number of aliphatic hydroxyl groups is 1. The maximum absolute atomic E-state index is 10.3. The second-order valence-electron chi connectivity index (χ2n) is 5.15. The van der Waals surface area contributed by atoms with Gasteiger partial charge in [-0.05, 0) is 12.8 Å². The van der Waals surface area contributed by atoms with Crippen molar-refractivity contribution < 1.29 is 5.11 Å². The van der Waals surface area contributed by atoms with Crippen molar-refractivity contribution >= 4 is 11.6 Å². The van der Waals surface area contributed by atoms with Gasteiger partial charge in [0.15, 0.2) is 5.82 Å². The van der Waals surface area contributed by atoms with E-state index in [0.29, 0.717) is 36.8 Å². The molecule has 0 saturated carbocycles. The van der Waals surface area contributed by atoms with Crippen LogP contribution in [0.2, 0.25) is 0 Å². The standard InChI is InChI=1S/C16H22N4O/c1-3-16(21,4-2)11-18-14-10-13(17)19-15(20-14)12-8-6-5-7-9-12/h5-10,21H,3-4,11H2,1-2H3,(H3,17,18,19,20). The Bertz CT molecular complexity index is 582. The fourth-order valence-corrected chi connectivity index (χ4v) is 2.03. The number of benzene rings is 1. The van der Waals surface area contributed by atoms with Crippen LogP contribution in [0.25, 0.3) is 11.4 Å². The number of aromatic nitrogens is 2. The first-order valence-corrected chi connectivity index (χ1v) is 7.22. The van der Waals surface area contributed by atoms with E-state index >= 15 is 0 Å². The molecule has 1 aromatic heterocycles. The van der Waals surface area contributed by atoms with Crippen molar-refractivity contribution in [2.24, 2.45) is 0 Å². The summed E-state index contributed by atoms with van der Waals surface area (Å²) in [6.07, 6.45) is 1.37. The Morgan fingerprint density at radius 2 is 1.81 bits per heavy atom. The van der Waals surface area contributed by atoms with Crippen LogP contribution in [0.4, 0.5) is 11.6 Å². The topological polar surface area (TPSA) is 84.1 Å². The molecule has 1 aromatic carbocycles. The fraction of sp³-hybridized carbons (Fsp3) is 0.375. The Kier molecular flexibility index (Phi) is 4.75. The van der Waals surface area contributed by atoms with Gasteiger partial charge in [-0.1, -0.05) is 44.2 Å². The minimum atomic E-state index is -0.730. The summed E-state index contributed by atoms with van der Waals surface area (Å²) in [6, 6.07) is 11.4. The van der Waals surface area contributed by atoms with Gasteiger partial charge in [0.05, 0.1) is 5.60 Å². The van der Waals surface area contributed by atoms with E-state index in [-0.39, 0.29) is 0 Å². The van der Waals surface area contributed by atoms with Gasteiger partial charge >= 0.3 is 0 Å². The van der Waals surface area contributed by atoms with Gasteiger partial charge in [0, 0.05) is 18.2 Å². The van der Waals surface area contributed by atoms with Gasteiger partial charge in [-0.25, -0.2) is 9.97 Å². The molecule has 0 bridgehead atoms.